The van der Waals surface area contributed by atoms with Crippen molar-refractivity contribution >= 4 is 55.2 Å². The molecule has 2 heterocycles. The van der Waals surface area contributed by atoms with E-state index in [2.05, 4.69) is 157 Å². The van der Waals surface area contributed by atoms with E-state index in [1.807, 2.05) is 24.3 Å². The van der Waals surface area contributed by atoms with E-state index < -0.39 is 0 Å². The predicted octanol–water partition coefficient (Wildman–Crippen LogP) is 11.7. The lowest BCUT2D eigenvalue weighted by molar-refractivity contribution is 0.668. The Morgan fingerprint density at radius 2 is 1.14 bits per heavy atom. The molecule has 1 aromatic heterocycles. The molecule has 0 amide bonds. The quantitative estimate of drug-likeness (QED) is 0.201. The van der Waals surface area contributed by atoms with Gasteiger partial charge in [-0.25, -0.2) is 9.98 Å². The van der Waals surface area contributed by atoms with Gasteiger partial charge in [-0.15, -0.1) is 0 Å². The third-order valence-electron chi connectivity index (χ3n) is 9.89. The highest BCUT2D eigenvalue weighted by atomic mass is 16.3. The summed E-state index contributed by atoms with van der Waals surface area (Å²) >= 11 is 0. The molecule has 0 saturated heterocycles. The van der Waals surface area contributed by atoms with Crippen molar-refractivity contribution in [3.8, 4) is 22.3 Å². The molecule has 0 fully saturated rings. The van der Waals surface area contributed by atoms with Gasteiger partial charge in [-0.2, -0.15) is 0 Å². The fraction of sp³-hybridized carbons (Fsp3) is 0.0213. The maximum atomic E-state index is 6.71. The SMILES string of the molecule is c1ccc(C2=NC(c3cc(-c4ccc5ccccc5c4)cc4oc5ccc6ccccc6c5c34)=NC(c3cccc(-c4ccccc4)c3)N2)cc1. The lowest BCUT2D eigenvalue weighted by Gasteiger charge is -2.24. The second-order valence-corrected chi connectivity index (χ2v) is 13.0. The molecule has 9 aromatic rings. The largest absolute Gasteiger partial charge is 0.456 e. The third kappa shape index (κ3) is 5.17. The van der Waals surface area contributed by atoms with E-state index in [9.17, 15) is 0 Å². The minimum atomic E-state index is -0.370. The number of rotatable bonds is 5. The molecule has 1 unspecified atom stereocenters. The highest BCUT2D eigenvalue weighted by Crippen LogP contribution is 2.40. The molecule has 4 heteroatoms. The molecule has 0 bridgehead atoms. The molecule has 0 saturated carbocycles. The van der Waals surface area contributed by atoms with E-state index in [1.54, 1.807) is 0 Å². The predicted molar refractivity (Wildman–Crippen MR) is 211 cm³/mol. The molecule has 8 aromatic carbocycles. The van der Waals surface area contributed by atoms with Crippen molar-refractivity contribution < 1.29 is 4.42 Å². The summed E-state index contributed by atoms with van der Waals surface area (Å²) in [4.78, 5) is 10.7. The van der Waals surface area contributed by atoms with Crippen molar-refractivity contribution in [2.75, 3.05) is 0 Å². The highest BCUT2D eigenvalue weighted by molar-refractivity contribution is 6.27. The van der Waals surface area contributed by atoms with Crippen LogP contribution >= 0.6 is 0 Å². The number of aliphatic imine (C=N–C) groups is 2. The third-order valence-corrected chi connectivity index (χ3v) is 9.89. The minimum Gasteiger partial charge on any atom is -0.456 e. The first-order valence-corrected chi connectivity index (χ1v) is 17.3. The first-order valence-electron chi connectivity index (χ1n) is 17.3. The molecule has 1 aliphatic rings. The Labute approximate surface area is 295 Å². The number of hydrogen-bond donors (Lipinski definition) is 1. The summed E-state index contributed by atoms with van der Waals surface area (Å²) in [6.07, 6.45) is -0.370. The van der Waals surface area contributed by atoms with Crippen molar-refractivity contribution in [3.05, 3.63) is 193 Å². The van der Waals surface area contributed by atoms with E-state index in [0.717, 1.165) is 77.5 Å². The zero-order valence-corrected chi connectivity index (χ0v) is 27.6. The number of nitrogens with one attached hydrogen (secondary N) is 1. The molecule has 1 aliphatic heterocycles. The Balaban J connectivity index is 1.24. The van der Waals surface area contributed by atoms with Crippen molar-refractivity contribution in [1.82, 2.24) is 5.32 Å². The van der Waals surface area contributed by atoms with Crippen LogP contribution in [0.2, 0.25) is 0 Å². The van der Waals surface area contributed by atoms with Crippen LogP contribution in [0, 0.1) is 0 Å². The monoisotopic (exact) mass is 653 g/mol. The number of benzene rings is 8. The number of hydrogen-bond acceptors (Lipinski definition) is 4. The minimum absolute atomic E-state index is 0.370. The maximum absolute atomic E-state index is 6.71. The lowest BCUT2D eigenvalue weighted by atomic mass is 9.95. The summed E-state index contributed by atoms with van der Waals surface area (Å²) in [5, 5.41) is 10.5. The van der Waals surface area contributed by atoms with Gasteiger partial charge in [0.1, 0.15) is 23.2 Å². The molecule has 240 valence electrons. The topological polar surface area (TPSA) is 49.9 Å². The Morgan fingerprint density at radius 3 is 1.98 bits per heavy atom. The fourth-order valence-corrected chi connectivity index (χ4v) is 7.38. The van der Waals surface area contributed by atoms with Gasteiger partial charge in [0.15, 0.2) is 5.84 Å². The summed E-state index contributed by atoms with van der Waals surface area (Å²) in [5.74, 6) is 1.43. The van der Waals surface area contributed by atoms with E-state index in [0.29, 0.717) is 5.84 Å². The van der Waals surface area contributed by atoms with Crippen molar-refractivity contribution in [1.29, 1.82) is 0 Å². The second-order valence-electron chi connectivity index (χ2n) is 13.0. The van der Waals surface area contributed by atoms with Crippen LogP contribution in [0.5, 0.6) is 0 Å². The molecule has 51 heavy (non-hydrogen) atoms. The van der Waals surface area contributed by atoms with Crippen molar-refractivity contribution in [2.45, 2.75) is 6.17 Å². The first-order chi connectivity index (χ1) is 25.2. The normalized spacial score (nSPS) is 14.5. The van der Waals surface area contributed by atoms with Crippen LogP contribution in [0.4, 0.5) is 0 Å². The van der Waals surface area contributed by atoms with Crippen molar-refractivity contribution in [3.63, 3.8) is 0 Å². The molecule has 1 atom stereocenters. The van der Waals surface area contributed by atoms with Gasteiger partial charge >= 0.3 is 0 Å². The summed E-state index contributed by atoms with van der Waals surface area (Å²) in [7, 11) is 0. The van der Waals surface area contributed by atoms with Crippen LogP contribution in [0.25, 0.3) is 65.7 Å². The molecule has 0 radical (unpaired) electrons. The number of nitrogens with zero attached hydrogens (tertiary/aromatic N) is 2. The van der Waals surface area contributed by atoms with Gasteiger partial charge in [-0.05, 0) is 79.7 Å². The summed E-state index contributed by atoms with van der Waals surface area (Å²) < 4.78 is 6.71. The van der Waals surface area contributed by atoms with Gasteiger partial charge in [0.2, 0.25) is 0 Å². The molecule has 10 rings (SSSR count). The molecule has 0 aliphatic carbocycles. The van der Waals surface area contributed by atoms with Crippen LogP contribution in [0.15, 0.2) is 190 Å². The summed E-state index contributed by atoms with van der Waals surface area (Å²) in [6.45, 7) is 0. The Bertz CT molecular complexity index is 2830. The van der Waals surface area contributed by atoms with E-state index >= 15 is 0 Å². The zero-order chi connectivity index (χ0) is 33.7. The lowest BCUT2D eigenvalue weighted by Crippen LogP contribution is -2.33. The molecule has 4 nitrogen and oxygen atoms in total. The number of fused-ring (bicyclic) bond motifs is 6. The van der Waals surface area contributed by atoms with Gasteiger partial charge in [-0.3, -0.25) is 0 Å². The smallest absolute Gasteiger partial charge is 0.160 e. The van der Waals surface area contributed by atoms with Crippen LogP contribution in [-0.2, 0) is 0 Å². The fourth-order valence-electron chi connectivity index (χ4n) is 7.38. The number of amidine groups is 2. The molecule has 1 N–H and O–H groups in total. The van der Waals surface area contributed by atoms with Gasteiger partial charge in [0.05, 0.1) is 0 Å². The van der Waals surface area contributed by atoms with E-state index in [4.69, 9.17) is 14.4 Å². The maximum Gasteiger partial charge on any atom is 0.160 e. The number of furan rings is 1. The Hall–Kier alpha value is -6.78. The molecular formula is C47H31N3O. The molecular weight excluding hydrogens is 623 g/mol. The van der Waals surface area contributed by atoms with Gasteiger partial charge in [0.25, 0.3) is 0 Å². The zero-order valence-electron chi connectivity index (χ0n) is 27.6. The Kier molecular flexibility index (Phi) is 6.85. The van der Waals surface area contributed by atoms with Crippen molar-refractivity contribution in [2.24, 2.45) is 9.98 Å². The van der Waals surface area contributed by atoms with Crippen LogP contribution in [0.3, 0.4) is 0 Å². The standard InChI is InChI=1S/C47H31N3O/c1-3-12-30(13-4-1)35-19-11-20-37(27-35)46-48-45(33-16-5-2-6-17-33)49-47(50-46)40-28-38(36-23-22-31-14-7-8-18-34(31)26-36)29-42-44(40)43-39-21-10-9-15-32(39)24-25-41(43)51-42/h1-29,46H,(H,48,49,50). The highest BCUT2D eigenvalue weighted by Gasteiger charge is 2.25. The van der Waals surface area contributed by atoms with Gasteiger partial charge in [0, 0.05) is 21.9 Å². The summed E-state index contributed by atoms with van der Waals surface area (Å²) in [5.41, 5.74) is 9.10. The molecule has 0 spiro atoms. The van der Waals surface area contributed by atoms with Crippen LogP contribution in [-0.4, -0.2) is 11.7 Å². The second kappa shape index (κ2) is 12.0. The van der Waals surface area contributed by atoms with Crippen LogP contribution in [0.1, 0.15) is 22.9 Å². The average Bonchev–Trinajstić information content (AvgIpc) is 3.60. The average molecular weight is 654 g/mol. The van der Waals surface area contributed by atoms with Gasteiger partial charge in [-0.1, -0.05) is 146 Å². The summed E-state index contributed by atoms with van der Waals surface area (Å²) in [6, 6.07) is 61.6. The first kappa shape index (κ1) is 29.2. The Morgan fingerprint density at radius 1 is 0.451 bits per heavy atom. The van der Waals surface area contributed by atoms with E-state index in [1.165, 1.54) is 10.8 Å². The van der Waals surface area contributed by atoms with Crippen LogP contribution < -0.4 is 5.32 Å². The van der Waals surface area contributed by atoms with E-state index in [-0.39, 0.29) is 6.17 Å². The van der Waals surface area contributed by atoms with Gasteiger partial charge < -0.3 is 9.73 Å².